The molecule has 1 aliphatic heterocycles. The lowest BCUT2D eigenvalue weighted by Gasteiger charge is -2.34. The van der Waals surface area contributed by atoms with Crippen LogP contribution in [0.2, 0.25) is 5.02 Å². The summed E-state index contributed by atoms with van der Waals surface area (Å²) in [6.07, 6.45) is 0. The summed E-state index contributed by atoms with van der Waals surface area (Å²) in [4.78, 5) is 21.4. The zero-order valence-electron chi connectivity index (χ0n) is 14.8. The van der Waals surface area contributed by atoms with E-state index < -0.39 is 0 Å². The van der Waals surface area contributed by atoms with Crippen molar-refractivity contribution < 1.29 is 4.79 Å². The summed E-state index contributed by atoms with van der Waals surface area (Å²) in [6.45, 7) is 3.15. The molecule has 1 amide bonds. The Balaban J connectivity index is 1.28. The van der Waals surface area contributed by atoms with Crippen LogP contribution in [0.25, 0.3) is 10.2 Å². The van der Waals surface area contributed by atoms with E-state index in [1.807, 2.05) is 41.3 Å². The topological polar surface area (TPSA) is 36.4 Å². The van der Waals surface area contributed by atoms with Gasteiger partial charge in [0.15, 0.2) is 5.13 Å². The third kappa shape index (κ3) is 4.57. The summed E-state index contributed by atoms with van der Waals surface area (Å²) in [5.41, 5.74) is 2.24. The fraction of sp³-hybridized carbons (Fsp3) is 0.300. The Bertz CT molecular complexity index is 923. The quantitative estimate of drug-likeness (QED) is 0.611. The van der Waals surface area contributed by atoms with Crippen molar-refractivity contribution in [1.29, 1.82) is 0 Å². The predicted molar refractivity (Wildman–Crippen MR) is 116 cm³/mol. The molecule has 27 heavy (non-hydrogen) atoms. The van der Waals surface area contributed by atoms with Gasteiger partial charge in [-0.15, -0.1) is 11.8 Å². The second-order valence-electron chi connectivity index (χ2n) is 6.45. The van der Waals surface area contributed by atoms with E-state index in [0.29, 0.717) is 5.75 Å². The van der Waals surface area contributed by atoms with Gasteiger partial charge in [0, 0.05) is 37.0 Å². The van der Waals surface area contributed by atoms with Gasteiger partial charge in [0.25, 0.3) is 0 Å². The lowest BCUT2D eigenvalue weighted by molar-refractivity contribution is -0.128. The summed E-state index contributed by atoms with van der Waals surface area (Å²) in [6, 6.07) is 16.1. The van der Waals surface area contributed by atoms with Gasteiger partial charge in [-0.3, -0.25) is 4.79 Å². The van der Waals surface area contributed by atoms with Crippen molar-refractivity contribution in [3.8, 4) is 0 Å². The standard InChI is InChI=1S/C20H20ClN3OS2/c21-16-6-7-17-18(12-16)27-20(22-17)24-10-8-23(9-11-24)19(25)14-26-13-15-4-2-1-3-5-15/h1-7,12H,8-11,13-14H2. The molecule has 1 saturated heterocycles. The van der Waals surface area contributed by atoms with Crippen molar-refractivity contribution >= 4 is 56.0 Å². The molecule has 4 rings (SSSR count). The molecular formula is C20H20ClN3OS2. The van der Waals surface area contributed by atoms with Crippen molar-refractivity contribution in [1.82, 2.24) is 9.88 Å². The summed E-state index contributed by atoms with van der Waals surface area (Å²) >= 11 is 9.41. The third-order valence-electron chi connectivity index (χ3n) is 4.58. The van der Waals surface area contributed by atoms with Crippen LogP contribution in [0.3, 0.4) is 0 Å². The maximum absolute atomic E-state index is 12.5. The highest BCUT2D eigenvalue weighted by Crippen LogP contribution is 2.31. The van der Waals surface area contributed by atoms with Crippen molar-refractivity contribution in [2.75, 3.05) is 36.8 Å². The lowest BCUT2D eigenvalue weighted by Crippen LogP contribution is -2.49. The normalized spacial score (nSPS) is 14.7. The molecule has 140 valence electrons. The molecule has 1 fully saturated rings. The van der Waals surface area contributed by atoms with Crippen LogP contribution in [0.1, 0.15) is 5.56 Å². The van der Waals surface area contributed by atoms with E-state index in [0.717, 1.165) is 52.3 Å². The Morgan fingerprint density at radius 1 is 1.11 bits per heavy atom. The molecule has 0 atom stereocenters. The molecule has 2 heterocycles. The molecule has 0 saturated carbocycles. The highest BCUT2D eigenvalue weighted by molar-refractivity contribution is 7.99. The highest BCUT2D eigenvalue weighted by Gasteiger charge is 2.23. The minimum absolute atomic E-state index is 0.228. The number of aromatic nitrogens is 1. The zero-order valence-corrected chi connectivity index (χ0v) is 17.2. The summed E-state index contributed by atoms with van der Waals surface area (Å²) in [5.74, 6) is 1.64. The minimum Gasteiger partial charge on any atom is -0.345 e. The number of thiazole rings is 1. The van der Waals surface area contributed by atoms with Crippen LogP contribution in [0, 0.1) is 0 Å². The number of piperazine rings is 1. The van der Waals surface area contributed by atoms with Gasteiger partial charge in [-0.1, -0.05) is 53.3 Å². The van der Waals surface area contributed by atoms with Crippen molar-refractivity contribution in [3.63, 3.8) is 0 Å². The fourth-order valence-electron chi connectivity index (χ4n) is 3.09. The number of hydrogen-bond acceptors (Lipinski definition) is 5. The number of amides is 1. The number of benzene rings is 2. The van der Waals surface area contributed by atoms with Crippen LogP contribution in [0.4, 0.5) is 5.13 Å². The van der Waals surface area contributed by atoms with Crippen molar-refractivity contribution in [2.24, 2.45) is 0 Å². The Labute approximate surface area is 172 Å². The average molecular weight is 418 g/mol. The van der Waals surface area contributed by atoms with Gasteiger partial charge in [0.05, 0.1) is 16.0 Å². The third-order valence-corrected chi connectivity index (χ3v) is 6.88. The van der Waals surface area contributed by atoms with E-state index in [1.54, 1.807) is 23.1 Å². The smallest absolute Gasteiger partial charge is 0.232 e. The van der Waals surface area contributed by atoms with E-state index in [1.165, 1.54) is 5.56 Å². The molecule has 3 aromatic rings. The molecule has 0 bridgehead atoms. The van der Waals surface area contributed by atoms with E-state index in [2.05, 4.69) is 17.0 Å². The lowest BCUT2D eigenvalue weighted by atomic mass is 10.2. The van der Waals surface area contributed by atoms with Crippen molar-refractivity contribution in [2.45, 2.75) is 5.75 Å². The highest BCUT2D eigenvalue weighted by atomic mass is 35.5. The van der Waals surface area contributed by atoms with Crippen LogP contribution in [0.5, 0.6) is 0 Å². The number of anilines is 1. The Morgan fingerprint density at radius 3 is 2.67 bits per heavy atom. The number of rotatable bonds is 5. The molecule has 4 nitrogen and oxygen atoms in total. The summed E-state index contributed by atoms with van der Waals surface area (Å²) < 4.78 is 1.10. The fourth-order valence-corrected chi connectivity index (χ4v) is 5.27. The van der Waals surface area contributed by atoms with Gasteiger partial charge in [0.2, 0.25) is 5.91 Å². The molecule has 1 aliphatic rings. The first-order chi connectivity index (χ1) is 13.2. The van der Waals surface area contributed by atoms with Gasteiger partial charge < -0.3 is 9.80 Å². The van der Waals surface area contributed by atoms with E-state index in [-0.39, 0.29) is 5.91 Å². The maximum Gasteiger partial charge on any atom is 0.232 e. The van der Waals surface area contributed by atoms with E-state index >= 15 is 0 Å². The van der Waals surface area contributed by atoms with Crippen LogP contribution in [-0.2, 0) is 10.5 Å². The molecule has 0 spiro atoms. The van der Waals surface area contributed by atoms with Gasteiger partial charge in [0.1, 0.15) is 0 Å². The second-order valence-corrected chi connectivity index (χ2v) is 8.89. The molecular weight excluding hydrogens is 398 g/mol. The van der Waals surface area contributed by atoms with Gasteiger partial charge in [-0.2, -0.15) is 0 Å². The first kappa shape index (κ1) is 18.6. The average Bonchev–Trinajstić information content (AvgIpc) is 3.12. The minimum atomic E-state index is 0.228. The number of nitrogens with zero attached hydrogens (tertiary/aromatic N) is 3. The SMILES string of the molecule is O=C(CSCc1ccccc1)N1CCN(c2nc3ccc(Cl)cc3s2)CC1. The Morgan fingerprint density at radius 2 is 1.89 bits per heavy atom. The molecule has 2 aromatic carbocycles. The first-order valence-electron chi connectivity index (χ1n) is 8.89. The van der Waals surface area contributed by atoms with Crippen molar-refractivity contribution in [3.05, 3.63) is 59.1 Å². The largest absolute Gasteiger partial charge is 0.345 e. The Kier molecular flexibility index (Phi) is 5.86. The van der Waals surface area contributed by atoms with Gasteiger partial charge in [-0.25, -0.2) is 4.98 Å². The zero-order chi connectivity index (χ0) is 18.6. The van der Waals surface area contributed by atoms with Crippen LogP contribution < -0.4 is 4.90 Å². The Hall–Kier alpha value is -1.76. The van der Waals surface area contributed by atoms with Crippen LogP contribution >= 0.6 is 34.7 Å². The number of carbonyl (C=O) groups is 1. The maximum atomic E-state index is 12.5. The molecule has 7 heteroatoms. The summed E-state index contributed by atoms with van der Waals surface area (Å²) in [5, 5.41) is 1.75. The van der Waals surface area contributed by atoms with E-state index in [4.69, 9.17) is 16.6 Å². The predicted octanol–water partition coefficient (Wildman–Crippen LogP) is 4.53. The van der Waals surface area contributed by atoms with E-state index in [9.17, 15) is 4.79 Å². The number of carbonyl (C=O) groups excluding carboxylic acids is 1. The van der Waals surface area contributed by atoms with Gasteiger partial charge >= 0.3 is 0 Å². The van der Waals surface area contributed by atoms with Gasteiger partial charge in [-0.05, 0) is 23.8 Å². The van der Waals surface area contributed by atoms with Crippen LogP contribution in [0.15, 0.2) is 48.5 Å². The number of fused-ring (bicyclic) bond motifs is 1. The molecule has 0 N–H and O–H groups in total. The summed E-state index contributed by atoms with van der Waals surface area (Å²) in [7, 11) is 0. The monoisotopic (exact) mass is 417 g/mol. The first-order valence-corrected chi connectivity index (χ1v) is 11.2. The molecule has 0 radical (unpaired) electrons. The number of hydrogen-bond donors (Lipinski definition) is 0. The molecule has 0 unspecified atom stereocenters. The second kappa shape index (κ2) is 8.50. The molecule has 0 aliphatic carbocycles. The number of halogens is 1. The molecule has 1 aromatic heterocycles. The number of thioether (sulfide) groups is 1. The van der Waals surface area contributed by atoms with Crippen LogP contribution in [-0.4, -0.2) is 47.7 Å².